The van der Waals surface area contributed by atoms with E-state index in [0.717, 1.165) is 8.95 Å². The van der Waals surface area contributed by atoms with E-state index in [-0.39, 0.29) is 12.5 Å². The summed E-state index contributed by atoms with van der Waals surface area (Å²) in [7, 11) is 0. The summed E-state index contributed by atoms with van der Waals surface area (Å²) < 4.78 is 7.13. The predicted octanol–water partition coefficient (Wildman–Crippen LogP) is 4.88. The van der Waals surface area contributed by atoms with Crippen molar-refractivity contribution in [2.24, 2.45) is 0 Å². The number of nitrogens with one attached hydrogen (secondary N) is 1. The molecule has 1 N–H and O–H groups in total. The minimum atomic E-state index is -0.251. The minimum absolute atomic E-state index is 0.108. The van der Waals surface area contributed by atoms with Crippen LogP contribution in [0, 0.1) is 0 Å². The molecule has 2 aromatic carbocycles. The number of hydrogen-bond donors (Lipinski definition) is 1. The molecule has 0 aromatic heterocycles. The van der Waals surface area contributed by atoms with E-state index >= 15 is 0 Å². The maximum atomic E-state index is 11.8. The number of amides is 1. The first-order valence-electron chi connectivity index (χ1n) is 5.68. The molecule has 0 atom stereocenters. The van der Waals surface area contributed by atoms with Crippen molar-refractivity contribution in [2.45, 2.75) is 0 Å². The Morgan fingerprint density at radius 1 is 1.15 bits per heavy atom. The molecule has 3 nitrogen and oxygen atoms in total. The Kier molecular flexibility index (Phi) is 5.46. The molecule has 0 aliphatic heterocycles. The molecule has 0 saturated carbocycles. The number of carbonyl (C=O) groups is 1. The van der Waals surface area contributed by atoms with Crippen LogP contribution in [0.5, 0.6) is 5.75 Å². The number of benzene rings is 2. The number of ether oxygens (including phenoxy) is 1. The standard InChI is InChI=1S/C14H10Br2ClNO2/c15-9-2-1-3-11(6-9)18-14(19)8-20-13-7-10(16)4-5-12(13)17/h1-7H,8H2,(H,18,19). The third-order valence-electron chi connectivity index (χ3n) is 2.36. The van der Waals surface area contributed by atoms with Gasteiger partial charge in [0, 0.05) is 14.6 Å². The predicted molar refractivity (Wildman–Crippen MR) is 87.4 cm³/mol. The number of carbonyl (C=O) groups excluding carboxylic acids is 1. The lowest BCUT2D eigenvalue weighted by atomic mass is 10.3. The van der Waals surface area contributed by atoms with Crippen LogP contribution in [0.25, 0.3) is 0 Å². The largest absolute Gasteiger partial charge is 0.482 e. The maximum Gasteiger partial charge on any atom is 0.262 e. The quantitative estimate of drug-likeness (QED) is 0.767. The van der Waals surface area contributed by atoms with Crippen molar-refractivity contribution in [2.75, 3.05) is 11.9 Å². The van der Waals surface area contributed by atoms with E-state index in [1.165, 1.54) is 0 Å². The Labute approximate surface area is 138 Å². The zero-order valence-electron chi connectivity index (χ0n) is 10.2. The molecule has 104 valence electrons. The van der Waals surface area contributed by atoms with Crippen molar-refractivity contribution in [3.05, 3.63) is 56.4 Å². The van der Waals surface area contributed by atoms with Gasteiger partial charge in [0.05, 0.1) is 5.02 Å². The third-order valence-corrected chi connectivity index (χ3v) is 3.66. The van der Waals surface area contributed by atoms with Gasteiger partial charge in [0.15, 0.2) is 6.61 Å². The van der Waals surface area contributed by atoms with Crippen LogP contribution in [0.2, 0.25) is 5.02 Å². The first-order chi connectivity index (χ1) is 9.54. The summed E-state index contributed by atoms with van der Waals surface area (Å²) in [4.78, 5) is 11.8. The summed E-state index contributed by atoms with van der Waals surface area (Å²) in [5.41, 5.74) is 0.702. The summed E-state index contributed by atoms with van der Waals surface area (Å²) in [6.07, 6.45) is 0. The molecule has 0 aliphatic rings. The lowest BCUT2D eigenvalue weighted by Crippen LogP contribution is -2.20. The SMILES string of the molecule is O=C(COc1cc(Br)ccc1Cl)Nc1cccc(Br)c1. The fourth-order valence-electron chi connectivity index (χ4n) is 1.49. The highest BCUT2D eigenvalue weighted by atomic mass is 79.9. The number of rotatable bonds is 4. The second-order valence-electron chi connectivity index (χ2n) is 3.92. The van der Waals surface area contributed by atoms with Gasteiger partial charge in [-0.25, -0.2) is 0 Å². The summed E-state index contributed by atoms with van der Waals surface area (Å²) in [6, 6.07) is 12.6. The minimum Gasteiger partial charge on any atom is -0.482 e. The van der Waals surface area contributed by atoms with E-state index in [2.05, 4.69) is 37.2 Å². The van der Waals surface area contributed by atoms with Crippen molar-refractivity contribution < 1.29 is 9.53 Å². The molecule has 0 unspecified atom stereocenters. The van der Waals surface area contributed by atoms with Gasteiger partial charge in [-0.05, 0) is 36.4 Å². The Morgan fingerprint density at radius 3 is 2.65 bits per heavy atom. The van der Waals surface area contributed by atoms with Gasteiger partial charge < -0.3 is 10.1 Å². The van der Waals surface area contributed by atoms with Crippen LogP contribution < -0.4 is 10.1 Å². The fraction of sp³-hybridized carbons (Fsp3) is 0.0714. The lowest BCUT2D eigenvalue weighted by molar-refractivity contribution is -0.118. The molecule has 2 aromatic rings. The molecule has 0 radical (unpaired) electrons. The maximum absolute atomic E-state index is 11.8. The molecule has 0 saturated heterocycles. The van der Waals surface area contributed by atoms with Crippen LogP contribution in [0.4, 0.5) is 5.69 Å². The molecule has 6 heteroatoms. The molecular formula is C14H10Br2ClNO2. The smallest absolute Gasteiger partial charge is 0.262 e. The van der Waals surface area contributed by atoms with Crippen LogP contribution in [0.1, 0.15) is 0 Å². The van der Waals surface area contributed by atoms with E-state index in [9.17, 15) is 4.79 Å². The number of halogens is 3. The van der Waals surface area contributed by atoms with Gasteiger partial charge in [-0.1, -0.05) is 49.5 Å². The first kappa shape index (κ1) is 15.4. The normalized spacial score (nSPS) is 10.2. The van der Waals surface area contributed by atoms with E-state index in [1.54, 1.807) is 24.3 Å². The van der Waals surface area contributed by atoms with Crippen molar-refractivity contribution in [3.63, 3.8) is 0 Å². The van der Waals surface area contributed by atoms with Crippen molar-refractivity contribution in [1.29, 1.82) is 0 Å². The van der Waals surface area contributed by atoms with E-state index in [1.807, 2.05) is 18.2 Å². The van der Waals surface area contributed by atoms with Gasteiger partial charge in [-0.3, -0.25) is 4.79 Å². The zero-order chi connectivity index (χ0) is 14.5. The molecule has 0 fully saturated rings. The van der Waals surface area contributed by atoms with Crippen LogP contribution in [0.3, 0.4) is 0 Å². The Morgan fingerprint density at radius 2 is 1.90 bits per heavy atom. The average Bonchev–Trinajstić information content (AvgIpc) is 2.40. The molecular weight excluding hydrogens is 409 g/mol. The molecule has 0 spiro atoms. The summed E-state index contributed by atoms with van der Waals surface area (Å²) in [5.74, 6) is 0.213. The van der Waals surface area contributed by atoms with Gasteiger partial charge >= 0.3 is 0 Å². The zero-order valence-corrected chi connectivity index (χ0v) is 14.1. The van der Waals surface area contributed by atoms with Crippen LogP contribution in [0.15, 0.2) is 51.4 Å². The van der Waals surface area contributed by atoms with Crippen molar-refractivity contribution in [3.8, 4) is 5.75 Å². The van der Waals surface area contributed by atoms with Gasteiger partial charge in [0.25, 0.3) is 5.91 Å². The van der Waals surface area contributed by atoms with Gasteiger partial charge in [0.2, 0.25) is 0 Å². The van der Waals surface area contributed by atoms with Crippen molar-refractivity contribution in [1.82, 2.24) is 0 Å². The summed E-state index contributed by atoms with van der Waals surface area (Å²) >= 11 is 12.6. The van der Waals surface area contributed by atoms with E-state index in [4.69, 9.17) is 16.3 Å². The highest BCUT2D eigenvalue weighted by Gasteiger charge is 2.07. The molecule has 20 heavy (non-hydrogen) atoms. The van der Waals surface area contributed by atoms with E-state index in [0.29, 0.717) is 16.5 Å². The first-order valence-corrected chi connectivity index (χ1v) is 7.64. The topological polar surface area (TPSA) is 38.3 Å². The highest BCUT2D eigenvalue weighted by molar-refractivity contribution is 9.10. The molecule has 1 amide bonds. The summed E-state index contributed by atoms with van der Waals surface area (Å²) in [5, 5.41) is 3.20. The van der Waals surface area contributed by atoms with Crippen molar-refractivity contribution >= 4 is 55.1 Å². The molecule has 0 bridgehead atoms. The average molecular weight is 420 g/mol. The molecule has 0 heterocycles. The Bertz CT molecular complexity index is 634. The Hall–Kier alpha value is -1.04. The molecule has 0 aliphatic carbocycles. The second kappa shape index (κ2) is 7.11. The molecule has 2 rings (SSSR count). The monoisotopic (exact) mass is 417 g/mol. The van der Waals surface area contributed by atoms with Gasteiger partial charge in [0.1, 0.15) is 5.75 Å². The highest BCUT2D eigenvalue weighted by Crippen LogP contribution is 2.27. The second-order valence-corrected chi connectivity index (χ2v) is 6.16. The number of hydrogen-bond acceptors (Lipinski definition) is 2. The van der Waals surface area contributed by atoms with Crippen LogP contribution in [-0.4, -0.2) is 12.5 Å². The van der Waals surface area contributed by atoms with Gasteiger partial charge in [-0.15, -0.1) is 0 Å². The fourth-order valence-corrected chi connectivity index (χ4v) is 2.41. The van der Waals surface area contributed by atoms with E-state index < -0.39 is 0 Å². The van der Waals surface area contributed by atoms with Crippen LogP contribution in [-0.2, 0) is 4.79 Å². The third kappa shape index (κ3) is 4.51. The number of anilines is 1. The lowest BCUT2D eigenvalue weighted by Gasteiger charge is -2.09. The summed E-state index contributed by atoms with van der Waals surface area (Å²) in [6.45, 7) is -0.108. The van der Waals surface area contributed by atoms with Crippen LogP contribution >= 0.6 is 43.5 Å². The van der Waals surface area contributed by atoms with Gasteiger partial charge in [-0.2, -0.15) is 0 Å². The Balaban J connectivity index is 1.94.